The minimum absolute atomic E-state index is 0.894. The van der Waals surface area contributed by atoms with Gasteiger partial charge in [0.1, 0.15) is 5.58 Å². The summed E-state index contributed by atoms with van der Waals surface area (Å²) in [6.07, 6.45) is 8.79. The maximum absolute atomic E-state index is 5.56. The fourth-order valence-electron chi connectivity index (χ4n) is 2.72. The number of hydrogen-bond donors (Lipinski definition) is 0. The monoisotopic (exact) mass is 200 g/mol. The molecule has 0 aliphatic heterocycles. The molecule has 0 atom stereocenters. The molecule has 1 heteroatoms. The predicted octanol–water partition coefficient (Wildman–Crippen LogP) is 4.17. The van der Waals surface area contributed by atoms with E-state index in [2.05, 4.69) is 12.1 Å². The number of para-hydroxylation sites is 1. The van der Waals surface area contributed by atoms with Crippen LogP contribution in [0.2, 0.25) is 0 Å². The molecule has 2 aromatic rings. The van der Waals surface area contributed by atoms with Crippen LogP contribution in [0.15, 0.2) is 34.9 Å². The molecule has 1 aliphatic carbocycles. The summed E-state index contributed by atoms with van der Waals surface area (Å²) in [4.78, 5) is 0. The molecule has 1 saturated carbocycles. The van der Waals surface area contributed by atoms with Gasteiger partial charge in [0.2, 0.25) is 0 Å². The molecule has 15 heavy (non-hydrogen) atoms. The van der Waals surface area contributed by atoms with Gasteiger partial charge in [-0.25, -0.2) is 0 Å². The Hall–Kier alpha value is -1.24. The Kier molecular flexibility index (Phi) is 2.24. The highest BCUT2D eigenvalue weighted by Gasteiger charge is 2.17. The molecule has 1 heterocycles. The molecule has 1 aromatic heterocycles. The predicted molar refractivity (Wildman–Crippen MR) is 61.9 cm³/mol. The number of benzene rings is 1. The normalized spacial score (nSPS) is 17.6. The van der Waals surface area contributed by atoms with Crippen molar-refractivity contribution in [3.05, 3.63) is 36.1 Å². The van der Waals surface area contributed by atoms with Crippen molar-refractivity contribution in [3.8, 4) is 0 Å². The van der Waals surface area contributed by atoms with Crippen LogP contribution in [0.3, 0.4) is 0 Å². The van der Waals surface area contributed by atoms with Gasteiger partial charge >= 0.3 is 0 Å². The third-order valence-corrected chi connectivity index (χ3v) is 3.54. The molecule has 0 saturated heterocycles. The van der Waals surface area contributed by atoms with Crippen LogP contribution in [0.5, 0.6) is 0 Å². The Morgan fingerprint density at radius 3 is 2.80 bits per heavy atom. The average molecular weight is 200 g/mol. The minimum atomic E-state index is 0.894. The molecule has 1 nitrogen and oxygen atoms in total. The second-order valence-electron chi connectivity index (χ2n) is 4.61. The summed E-state index contributed by atoms with van der Waals surface area (Å²) in [7, 11) is 0. The van der Waals surface area contributed by atoms with Crippen LogP contribution in [-0.2, 0) is 6.42 Å². The molecule has 78 valence electrons. The van der Waals surface area contributed by atoms with E-state index >= 15 is 0 Å². The van der Waals surface area contributed by atoms with Crippen molar-refractivity contribution in [1.29, 1.82) is 0 Å². The SMILES string of the molecule is c1ccc2c(CC3CCCC3)coc2c1. The summed E-state index contributed by atoms with van der Waals surface area (Å²) in [5.41, 5.74) is 2.43. The van der Waals surface area contributed by atoms with Crippen LogP contribution < -0.4 is 0 Å². The maximum atomic E-state index is 5.56. The second kappa shape index (κ2) is 3.73. The fourth-order valence-corrected chi connectivity index (χ4v) is 2.72. The van der Waals surface area contributed by atoms with E-state index in [1.165, 1.54) is 43.1 Å². The summed E-state index contributed by atoms with van der Waals surface area (Å²) in [5.74, 6) is 0.894. The van der Waals surface area contributed by atoms with Gasteiger partial charge in [-0.1, -0.05) is 43.9 Å². The number of fused-ring (bicyclic) bond motifs is 1. The maximum Gasteiger partial charge on any atom is 0.134 e. The van der Waals surface area contributed by atoms with Gasteiger partial charge in [0.25, 0.3) is 0 Å². The van der Waals surface area contributed by atoms with Crippen molar-refractivity contribution < 1.29 is 4.42 Å². The molecule has 0 spiro atoms. The standard InChI is InChI=1S/C14H16O/c1-2-6-11(5-1)9-12-10-15-14-8-4-3-7-13(12)14/h3-4,7-8,10-11H,1-2,5-6,9H2. The summed E-state index contributed by atoms with van der Waals surface area (Å²) in [5, 5.41) is 1.31. The van der Waals surface area contributed by atoms with Crippen LogP contribution in [0, 0.1) is 5.92 Å². The van der Waals surface area contributed by atoms with Gasteiger partial charge in [-0.2, -0.15) is 0 Å². The third kappa shape index (κ3) is 1.67. The van der Waals surface area contributed by atoms with Crippen LogP contribution in [-0.4, -0.2) is 0 Å². The van der Waals surface area contributed by atoms with Crippen molar-refractivity contribution in [3.63, 3.8) is 0 Å². The lowest BCUT2D eigenvalue weighted by Crippen LogP contribution is -1.97. The quantitative estimate of drug-likeness (QED) is 0.709. The van der Waals surface area contributed by atoms with Gasteiger partial charge in [-0.15, -0.1) is 0 Å². The number of hydrogen-bond acceptors (Lipinski definition) is 1. The molecule has 0 N–H and O–H groups in total. The van der Waals surface area contributed by atoms with Crippen molar-refractivity contribution in [2.75, 3.05) is 0 Å². The van der Waals surface area contributed by atoms with Gasteiger partial charge in [0.05, 0.1) is 6.26 Å². The zero-order valence-corrected chi connectivity index (χ0v) is 8.91. The highest BCUT2D eigenvalue weighted by molar-refractivity contribution is 5.80. The van der Waals surface area contributed by atoms with E-state index in [1.807, 2.05) is 18.4 Å². The van der Waals surface area contributed by atoms with E-state index in [4.69, 9.17) is 4.42 Å². The molecular formula is C14H16O. The van der Waals surface area contributed by atoms with Gasteiger partial charge < -0.3 is 4.42 Å². The van der Waals surface area contributed by atoms with Crippen molar-refractivity contribution in [2.45, 2.75) is 32.1 Å². The topological polar surface area (TPSA) is 13.1 Å². The average Bonchev–Trinajstić information content (AvgIpc) is 2.89. The van der Waals surface area contributed by atoms with E-state index in [1.54, 1.807) is 0 Å². The largest absolute Gasteiger partial charge is 0.464 e. The molecule has 0 amide bonds. The summed E-state index contributed by atoms with van der Waals surface area (Å²) in [6.45, 7) is 0. The van der Waals surface area contributed by atoms with Crippen LogP contribution in [0.1, 0.15) is 31.2 Å². The molecule has 1 fully saturated rings. The van der Waals surface area contributed by atoms with E-state index in [9.17, 15) is 0 Å². The molecule has 0 radical (unpaired) electrons. The van der Waals surface area contributed by atoms with E-state index in [0.29, 0.717) is 0 Å². The van der Waals surface area contributed by atoms with Crippen molar-refractivity contribution in [1.82, 2.24) is 0 Å². The van der Waals surface area contributed by atoms with Crippen LogP contribution in [0.4, 0.5) is 0 Å². The zero-order valence-electron chi connectivity index (χ0n) is 8.91. The summed E-state index contributed by atoms with van der Waals surface area (Å²) < 4.78 is 5.56. The van der Waals surface area contributed by atoms with Crippen molar-refractivity contribution >= 4 is 11.0 Å². The first-order valence-electron chi connectivity index (χ1n) is 5.88. The Morgan fingerprint density at radius 1 is 1.13 bits per heavy atom. The van der Waals surface area contributed by atoms with Crippen molar-refractivity contribution in [2.24, 2.45) is 5.92 Å². The first-order chi connectivity index (χ1) is 7.43. The highest BCUT2D eigenvalue weighted by Crippen LogP contribution is 2.31. The van der Waals surface area contributed by atoms with Crippen LogP contribution in [0.25, 0.3) is 11.0 Å². The molecule has 0 unspecified atom stereocenters. The molecular weight excluding hydrogens is 184 g/mol. The Bertz CT molecular complexity index is 449. The summed E-state index contributed by atoms with van der Waals surface area (Å²) >= 11 is 0. The number of furan rings is 1. The first kappa shape index (κ1) is 9.02. The molecule has 1 aliphatic rings. The van der Waals surface area contributed by atoms with E-state index in [0.717, 1.165) is 11.5 Å². The highest BCUT2D eigenvalue weighted by atomic mass is 16.3. The Balaban J connectivity index is 1.90. The molecule has 3 rings (SSSR count). The van der Waals surface area contributed by atoms with E-state index < -0.39 is 0 Å². The van der Waals surface area contributed by atoms with Gasteiger partial charge in [-0.3, -0.25) is 0 Å². The lowest BCUT2D eigenvalue weighted by Gasteiger charge is -2.06. The van der Waals surface area contributed by atoms with Gasteiger partial charge in [-0.05, 0) is 24.0 Å². The lowest BCUT2D eigenvalue weighted by molar-refractivity contribution is 0.538. The molecule has 0 bridgehead atoms. The van der Waals surface area contributed by atoms with Gasteiger partial charge in [0, 0.05) is 5.39 Å². The zero-order chi connectivity index (χ0) is 10.1. The third-order valence-electron chi connectivity index (χ3n) is 3.54. The minimum Gasteiger partial charge on any atom is -0.464 e. The smallest absolute Gasteiger partial charge is 0.134 e. The first-order valence-corrected chi connectivity index (χ1v) is 5.88. The van der Waals surface area contributed by atoms with Gasteiger partial charge in [0.15, 0.2) is 0 Å². The summed E-state index contributed by atoms with van der Waals surface area (Å²) in [6, 6.07) is 8.35. The Morgan fingerprint density at radius 2 is 1.93 bits per heavy atom. The molecule has 1 aromatic carbocycles. The van der Waals surface area contributed by atoms with E-state index in [-0.39, 0.29) is 0 Å². The van der Waals surface area contributed by atoms with Crippen LogP contribution >= 0.6 is 0 Å². The Labute approximate surface area is 90.1 Å². The fraction of sp³-hybridized carbons (Fsp3) is 0.429. The number of rotatable bonds is 2. The lowest BCUT2D eigenvalue weighted by atomic mass is 9.98. The second-order valence-corrected chi connectivity index (χ2v) is 4.61.